The van der Waals surface area contributed by atoms with Crippen LogP contribution in [0, 0.1) is 29.6 Å². The van der Waals surface area contributed by atoms with Crippen molar-refractivity contribution in [1.82, 2.24) is 15.3 Å². The van der Waals surface area contributed by atoms with Gasteiger partial charge in [-0.1, -0.05) is 6.92 Å². The van der Waals surface area contributed by atoms with E-state index < -0.39 is 0 Å². The molecule has 20 heavy (non-hydrogen) atoms. The lowest BCUT2D eigenvalue weighted by molar-refractivity contribution is -0.0529. The molecule has 4 bridgehead atoms. The average Bonchev–Trinajstić information content (AvgIpc) is 2.46. The van der Waals surface area contributed by atoms with Gasteiger partial charge in [-0.15, -0.1) is 0 Å². The summed E-state index contributed by atoms with van der Waals surface area (Å²) in [6.45, 7) is 3.23. The minimum atomic E-state index is 0.420. The molecule has 4 aliphatic rings. The highest BCUT2D eigenvalue weighted by Crippen LogP contribution is 2.59. The van der Waals surface area contributed by atoms with Gasteiger partial charge < -0.3 is 5.32 Å². The smallest absolute Gasteiger partial charge is 0.0759 e. The van der Waals surface area contributed by atoms with E-state index >= 15 is 0 Å². The van der Waals surface area contributed by atoms with Crippen LogP contribution in [0.1, 0.15) is 50.8 Å². The van der Waals surface area contributed by atoms with E-state index in [-0.39, 0.29) is 0 Å². The first-order valence-corrected chi connectivity index (χ1v) is 8.34. The highest BCUT2D eigenvalue weighted by molar-refractivity contribution is 5.10. The standard InChI is InChI=1S/C17H25N3/c1-2-19-17(15-10-18-3-4-20-15)16-13-6-11-5-12(8-13)9-14(16)7-11/h3-4,10-14,16-17,19H,2,5-9H2,1H3. The molecule has 0 aromatic carbocycles. The van der Waals surface area contributed by atoms with Gasteiger partial charge >= 0.3 is 0 Å². The second-order valence-corrected chi connectivity index (χ2v) is 7.17. The third kappa shape index (κ3) is 2.07. The molecule has 1 atom stereocenters. The van der Waals surface area contributed by atoms with Crippen molar-refractivity contribution in [2.75, 3.05) is 6.54 Å². The van der Waals surface area contributed by atoms with Crippen LogP contribution in [0.2, 0.25) is 0 Å². The number of rotatable bonds is 4. The topological polar surface area (TPSA) is 37.8 Å². The minimum absolute atomic E-state index is 0.420. The van der Waals surface area contributed by atoms with Gasteiger partial charge in [0.1, 0.15) is 0 Å². The first kappa shape index (κ1) is 12.8. The normalized spacial score (nSPS) is 40.0. The Morgan fingerprint density at radius 3 is 2.35 bits per heavy atom. The van der Waals surface area contributed by atoms with Crippen LogP contribution in [0.15, 0.2) is 18.6 Å². The summed E-state index contributed by atoms with van der Waals surface area (Å²) >= 11 is 0. The molecule has 108 valence electrons. The van der Waals surface area contributed by atoms with E-state index in [9.17, 15) is 0 Å². The van der Waals surface area contributed by atoms with Crippen LogP contribution in [0.4, 0.5) is 0 Å². The predicted molar refractivity (Wildman–Crippen MR) is 79.0 cm³/mol. The fourth-order valence-electron chi connectivity index (χ4n) is 5.64. The summed E-state index contributed by atoms with van der Waals surface area (Å²) < 4.78 is 0. The van der Waals surface area contributed by atoms with Crippen molar-refractivity contribution in [3.8, 4) is 0 Å². The number of hydrogen-bond donors (Lipinski definition) is 1. The fraction of sp³-hybridized carbons (Fsp3) is 0.765. The van der Waals surface area contributed by atoms with Gasteiger partial charge in [-0.2, -0.15) is 0 Å². The summed E-state index contributed by atoms with van der Waals surface area (Å²) in [5, 5.41) is 3.72. The van der Waals surface area contributed by atoms with Crippen molar-refractivity contribution in [2.45, 2.75) is 45.1 Å². The number of aromatic nitrogens is 2. The van der Waals surface area contributed by atoms with Gasteiger partial charge in [0.15, 0.2) is 0 Å². The fourth-order valence-corrected chi connectivity index (χ4v) is 5.64. The number of hydrogen-bond acceptors (Lipinski definition) is 3. The Hall–Kier alpha value is -0.960. The molecular weight excluding hydrogens is 246 g/mol. The summed E-state index contributed by atoms with van der Waals surface area (Å²) in [6.07, 6.45) is 13.0. The average molecular weight is 271 g/mol. The van der Waals surface area contributed by atoms with E-state index in [0.717, 1.165) is 41.8 Å². The predicted octanol–water partition coefficient (Wildman–Crippen LogP) is 3.20. The molecule has 1 unspecified atom stereocenters. The summed E-state index contributed by atoms with van der Waals surface area (Å²) in [7, 11) is 0. The summed E-state index contributed by atoms with van der Waals surface area (Å²) in [4.78, 5) is 8.90. The van der Waals surface area contributed by atoms with Gasteiger partial charge in [-0.05, 0) is 68.2 Å². The molecule has 5 rings (SSSR count). The number of nitrogens with one attached hydrogen (secondary N) is 1. The van der Waals surface area contributed by atoms with E-state index in [1.165, 1.54) is 32.1 Å². The third-order valence-corrected chi connectivity index (χ3v) is 6.01. The largest absolute Gasteiger partial charge is 0.309 e. The Morgan fingerprint density at radius 1 is 1.10 bits per heavy atom. The monoisotopic (exact) mass is 271 g/mol. The van der Waals surface area contributed by atoms with Crippen LogP contribution < -0.4 is 5.32 Å². The van der Waals surface area contributed by atoms with Crippen LogP contribution in [0.5, 0.6) is 0 Å². The van der Waals surface area contributed by atoms with Crippen LogP contribution in [0.25, 0.3) is 0 Å². The zero-order chi connectivity index (χ0) is 13.5. The molecule has 0 spiro atoms. The third-order valence-electron chi connectivity index (χ3n) is 6.01. The first-order chi connectivity index (χ1) is 9.85. The Balaban J connectivity index is 1.63. The van der Waals surface area contributed by atoms with E-state index in [4.69, 9.17) is 0 Å². The lowest BCUT2D eigenvalue weighted by Gasteiger charge is -2.56. The first-order valence-electron chi connectivity index (χ1n) is 8.34. The molecule has 4 fully saturated rings. The molecular formula is C17H25N3. The lowest BCUT2D eigenvalue weighted by atomic mass is 9.50. The molecule has 0 saturated heterocycles. The van der Waals surface area contributed by atoms with E-state index in [2.05, 4.69) is 22.2 Å². The van der Waals surface area contributed by atoms with Crippen molar-refractivity contribution in [1.29, 1.82) is 0 Å². The zero-order valence-corrected chi connectivity index (χ0v) is 12.3. The van der Waals surface area contributed by atoms with E-state index in [1.54, 1.807) is 6.20 Å². The van der Waals surface area contributed by atoms with Crippen LogP contribution in [-0.2, 0) is 0 Å². The van der Waals surface area contributed by atoms with E-state index in [0.29, 0.717) is 6.04 Å². The molecule has 0 amide bonds. The van der Waals surface area contributed by atoms with Crippen molar-refractivity contribution >= 4 is 0 Å². The van der Waals surface area contributed by atoms with E-state index in [1.807, 2.05) is 12.4 Å². The molecule has 1 N–H and O–H groups in total. The van der Waals surface area contributed by atoms with Crippen molar-refractivity contribution in [2.24, 2.45) is 29.6 Å². The molecule has 1 heterocycles. The van der Waals surface area contributed by atoms with Gasteiger partial charge in [0.2, 0.25) is 0 Å². The second-order valence-electron chi connectivity index (χ2n) is 7.17. The van der Waals surface area contributed by atoms with Gasteiger partial charge in [-0.3, -0.25) is 9.97 Å². The summed E-state index contributed by atoms with van der Waals surface area (Å²) in [6, 6.07) is 0.420. The summed E-state index contributed by atoms with van der Waals surface area (Å²) in [5.41, 5.74) is 1.16. The van der Waals surface area contributed by atoms with Crippen molar-refractivity contribution < 1.29 is 0 Å². The maximum atomic E-state index is 4.61. The zero-order valence-electron chi connectivity index (χ0n) is 12.3. The highest BCUT2D eigenvalue weighted by Gasteiger charge is 2.50. The van der Waals surface area contributed by atoms with Crippen molar-refractivity contribution in [3.63, 3.8) is 0 Å². The Bertz CT molecular complexity index is 431. The van der Waals surface area contributed by atoms with Gasteiger partial charge in [-0.25, -0.2) is 0 Å². The molecule has 4 aliphatic carbocycles. The number of nitrogens with zero attached hydrogens (tertiary/aromatic N) is 2. The van der Waals surface area contributed by atoms with Gasteiger partial charge in [0.25, 0.3) is 0 Å². The SMILES string of the molecule is CCNC(c1cnccn1)C1C2CC3CC(C2)CC1C3. The highest BCUT2D eigenvalue weighted by atomic mass is 15.0. The molecule has 1 aromatic heterocycles. The molecule has 0 aliphatic heterocycles. The van der Waals surface area contributed by atoms with Crippen LogP contribution >= 0.6 is 0 Å². The van der Waals surface area contributed by atoms with Gasteiger partial charge in [0, 0.05) is 18.6 Å². The lowest BCUT2D eigenvalue weighted by Crippen LogP contribution is -2.49. The quantitative estimate of drug-likeness (QED) is 0.914. The Kier molecular flexibility index (Phi) is 3.25. The maximum Gasteiger partial charge on any atom is 0.0759 e. The molecule has 0 radical (unpaired) electrons. The minimum Gasteiger partial charge on any atom is -0.309 e. The summed E-state index contributed by atoms with van der Waals surface area (Å²) in [5.74, 6) is 4.73. The van der Waals surface area contributed by atoms with Gasteiger partial charge in [0.05, 0.1) is 11.7 Å². The van der Waals surface area contributed by atoms with Crippen LogP contribution in [0.3, 0.4) is 0 Å². The Morgan fingerprint density at radius 2 is 1.80 bits per heavy atom. The molecule has 4 saturated carbocycles. The molecule has 3 heteroatoms. The molecule has 3 nitrogen and oxygen atoms in total. The molecule has 1 aromatic rings. The van der Waals surface area contributed by atoms with Crippen LogP contribution in [-0.4, -0.2) is 16.5 Å². The Labute approximate surface area is 121 Å². The second kappa shape index (κ2) is 5.10. The van der Waals surface area contributed by atoms with Crippen molar-refractivity contribution in [3.05, 3.63) is 24.3 Å². The maximum absolute atomic E-state index is 4.61.